The molecule has 0 spiro atoms. The van der Waals surface area contributed by atoms with Gasteiger partial charge in [0, 0.05) is 5.92 Å². The number of benzene rings is 1. The van der Waals surface area contributed by atoms with Crippen LogP contribution in [0.15, 0.2) is 24.3 Å². The van der Waals surface area contributed by atoms with Gasteiger partial charge in [0.2, 0.25) is 0 Å². The van der Waals surface area contributed by atoms with Crippen molar-refractivity contribution in [2.45, 2.75) is 26.7 Å². The van der Waals surface area contributed by atoms with Crippen LogP contribution in [0.2, 0.25) is 0 Å². The Morgan fingerprint density at radius 3 is 2.52 bits per heavy atom. The van der Waals surface area contributed by atoms with E-state index in [1.807, 2.05) is 37.3 Å². The lowest BCUT2D eigenvalue weighted by molar-refractivity contribution is 0.0523. The van der Waals surface area contributed by atoms with Crippen LogP contribution in [0.25, 0.3) is 0 Å². The second-order valence-electron chi connectivity index (χ2n) is 5.51. The summed E-state index contributed by atoms with van der Waals surface area (Å²) in [6.07, 6.45) is 0. The first kappa shape index (κ1) is 18.3. The van der Waals surface area contributed by atoms with Crippen molar-refractivity contribution >= 4 is 5.97 Å². The lowest BCUT2D eigenvalue weighted by atomic mass is 9.91. The summed E-state index contributed by atoms with van der Waals surface area (Å²) in [5, 5.41) is 19.6. The van der Waals surface area contributed by atoms with Gasteiger partial charge < -0.3 is 14.6 Å². The number of hydrogen-bond donors (Lipinski definition) is 1. The van der Waals surface area contributed by atoms with Gasteiger partial charge in [-0.3, -0.25) is 4.98 Å². The molecule has 6 nitrogen and oxygen atoms in total. The first-order chi connectivity index (χ1) is 11.9. The molecule has 0 radical (unpaired) electrons. The maximum absolute atomic E-state index is 12.4. The molecule has 1 aromatic carbocycles. The van der Waals surface area contributed by atoms with Crippen LogP contribution >= 0.6 is 0 Å². The Morgan fingerprint density at radius 2 is 2.00 bits per heavy atom. The predicted octanol–water partition coefficient (Wildman–Crippen LogP) is 3.30. The minimum absolute atomic E-state index is 0.00997. The molecule has 2 rings (SSSR count). The van der Waals surface area contributed by atoms with Crippen LogP contribution in [-0.4, -0.2) is 29.8 Å². The Morgan fingerprint density at radius 1 is 1.36 bits per heavy atom. The highest BCUT2D eigenvalue weighted by molar-refractivity contribution is 5.94. The van der Waals surface area contributed by atoms with Gasteiger partial charge in [-0.25, -0.2) is 4.79 Å². The van der Waals surface area contributed by atoms with Crippen LogP contribution in [0.3, 0.4) is 0 Å². The van der Waals surface area contributed by atoms with Crippen molar-refractivity contribution in [3.8, 4) is 17.6 Å². The van der Waals surface area contributed by atoms with E-state index in [1.165, 1.54) is 0 Å². The largest absolute Gasteiger partial charge is 0.505 e. The van der Waals surface area contributed by atoms with E-state index in [2.05, 4.69) is 4.98 Å². The molecule has 0 aliphatic heterocycles. The topological polar surface area (TPSA) is 92.4 Å². The summed E-state index contributed by atoms with van der Waals surface area (Å²) in [5.41, 5.74) is 1.49. The van der Waals surface area contributed by atoms with Gasteiger partial charge in [-0.2, -0.15) is 5.26 Å². The Labute approximate surface area is 146 Å². The minimum atomic E-state index is -0.669. The second-order valence-corrected chi connectivity index (χ2v) is 5.51. The van der Waals surface area contributed by atoms with Gasteiger partial charge in [-0.15, -0.1) is 0 Å². The number of rotatable bonds is 5. The van der Waals surface area contributed by atoms with E-state index in [9.17, 15) is 15.2 Å². The van der Waals surface area contributed by atoms with Crippen LogP contribution in [-0.2, 0) is 4.74 Å². The quantitative estimate of drug-likeness (QED) is 0.840. The number of methoxy groups -OCH3 is 1. The highest BCUT2D eigenvalue weighted by Crippen LogP contribution is 2.33. The lowest BCUT2D eigenvalue weighted by Crippen LogP contribution is -2.15. The normalized spacial score (nSPS) is 11.5. The number of aromatic hydroxyl groups is 1. The van der Waals surface area contributed by atoms with Crippen LogP contribution in [0.4, 0.5) is 0 Å². The maximum atomic E-state index is 12.4. The first-order valence-electron chi connectivity index (χ1n) is 7.89. The smallest absolute Gasteiger partial charge is 0.341 e. The van der Waals surface area contributed by atoms with E-state index in [0.717, 1.165) is 5.56 Å². The molecule has 0 amide bonds. The number of aromatic nitrogens is 1. The Kier molecular flexibility index (Phi) is 5.60. The standard InChI is InChI=1S/C19H20N2O4/c1-5-25-19(23)16-15(10-20)18(22)12(3)21-17(16)11(2)13-6-8-14(24-4)9-7-13/h6-9,11,22H,5H2,1-4H3. The third kappa shape index (κ3) is 3.56. The molecule has 25 heavy (non-hydrogen) atoms. The monoisotopic (exact) mass is 340 g/mol. The van der Waals surface area contributed by atoms with Crippen LogP contribution in [0, 0.1) is 18.3 Å². The molecule has 0 fully saturated rings. The summed E-state index contributed by atoms with van der Waals surface area (Å²) in [7, 11) is 1.58. The molecule has 0 aliphatic rings. The van der Waals surface area contributed by atoms with Gasteiger partial charge in [0.1, 0.15) is 22.9 Å². The number of hydrogen-bond acceptors (Lipinski definition) is 6. The van der Waals surface area contributed by atoms with Crippen LogP contribution in [0.1, 0.15) is 52.6 Å². The van der Waals surface area contributed by atoms with Gasteiger partial charge in [-0.05, 0) is 31.5 Å². The molecule has 1 unspecified atom stereocenters. The molecule has 1 heterocycles. The number of ether oxygens (including phenoxy) is 2. The number of carbonyl (C=O) groups is 1. The van der Waals surface area contributed by atoms with Gasteiger partial charge >= 0.3 is 5.97 Å². The average molecular weight is 340 g/mol. The predicted molar refractivity (Wildman–Crippen MR) is 91.8 cm³/mol. The molecule has 1 aromatic heterocycles. The fourth-order valence-electron chi connectivity index (χ4n) is 2.60. The van der Waals surface area contributed by atoms with E-state index in [4.69, 9.17) is 9.47 Å². The molecular formula is C19H20N2O4. The van der Waals surface area contributed by atoms with E-state index in [0.29, 0.717) is 17.1 Å². The van der Waals surface area contributed by atoms with Crippen molar-refractivity contribution in [1.82, 2.24) is 4.98 Å². The zero-order chi connectivity index (χ0) is 18.6. The number of nitrogens with zero attached hydrogens (tertiary/aromatic N) is 2. The van der Waals surface area contributed by atoms with Gasteiger partial charge in [-0.1, -0.05) is 19.1 Å². The van der Waals surface area contributed by atoms with Gasteiger partial charge in [0.15, 0.2) is 5.75 Å². The summed E-state index contributed by atoms with van der Waals surface area (Å²) in [6.45, 7) is 5.31. The molecule has 0 saturated carbocycles. The lowest BCUT2D eigenvalue weighted by Gasteiger charge is -2.18. The number of nitriles is 1. The molecule has 0 aliphatic carbocycles. The van der Waals surface area contributed by atoms with Crippen molar-refractivity contribution in [3.63, 3.8) is 0 Å². The van der Waals surface area contributed by atoms with E-state index < -0.39 is 5.97 Å². The highest BCUT2D eigenvalue weighted by Gasteiger charge is 2.27. The van der Waals surface area contributed by atoms with Crippen LogP contribution < -0.4 is 4.74 Å². The third-order valence-electron chi connectivity index (χ3n) is 3.99. The average Bonchev–Trinajstić information content (AvgIpc) is 2.63. The zero-order valence-corrected chi connectivity index (χ0v) is 14.7. The summed E-state index contributed by atoms with van der Waals surface area (Å²) >= 11 is 0. The zero-order valence-electron chi connectivity index (χ0n) is 14.7. The molecule has 6 heteroatoms. The fraction of sp³-hybridized carbons (Fsp3) is 0.316. The molecule has 0 bridgehead atoms. The van der Waals surface area contributed by atoms with E-state index >= 15 is 0 Å². The summed E-state index contributed by atoms with van der Waals surface area (Å²) < 4.78 is 10.2. The maximum Gasteiger partial charge on any atom is 0.341 e. The first-order valence-corrected chi connectivity index (χ1v) is 7.89. The molecule has 1 atom stereocenters. The van der Waals surface area contributed by atoms with E-state index in [1.54, 1.807) is 21.0 Å². The van der Waals surface area contributed by atoms with Gasteiger partial charge in [0.05, 0.1) is 25.1 Å². The number of pyridine rings is 1. The molecule has 130 valence electrons. The number of aryl methyl sites for hydroxylation is 1. The minimum Gasteiger partial charge on any atom is -0.505 e. The fourth-order valence-corrected chi connectivity index (χ4v) is 2.60. The SMILES string of the molecule is CCOC(=O)c1c(C(C)c2ccc(OC)cc2)nc(C)c(O)c1C#N. The Bertz CT molecular complexity index is 823. The molecule has 0 saturated heterocycles. The second kappa shape index (κ2) is 7.67. The summed E-state index contributed by atoms with van der Waals surface area (Å²) in [5.74, 6) is -0.528. The molecule has 2 aromatic rings. The van der Waals surface area contributed by atoms with Crippen molar-refractivity contribution in [3.05, 3.63) is 52.3 Å². The summed E-state index contributed by atoms with van der Waals surface area (Å²) in [4.78, 5) is 16.8. The number of carbonyl (C=O) groups excluding carboxylic acids is 1. The summed E-state index contributed by atoms with van der Waals surface area (Å²) in [6, 6.07) is 9.26. The van der Waals surface area contributed by atoms with Crippen molar-refractivity contribution < 1.29 is 19.4 Å². The number of esters is 1. The third-order valence-corrected chi connectivity index (χ3v) is 3.99. The van der Waals surface area contributed by atoms with Crippen LogP contribution in [0.5, 0.6) is 11.5 Å². The Hall–Kier alpha value is -3.07. The molecular weight excluding hydrogens is 320 g/mol. The van der Waals surface area contributed by atoms with Crippen molar-refractivity contribution in [1.29, 1.82) is 5.26 Å². The van der Waals surface area contributed by atoms with Gasteiger partial charge in [0.25, 0.3) is 0 Å². The van der Waals surface area contributed by atoms with Crippen molar-refractivity contribution in [2.75, 3.05) is 13.7 Å². The molecule has 1 N–H and O–H groups in total. The Balaban J connectivity index is 2.63. The van der Waals surface area contributed by atoms with E-state index in [-0.39, 0.29) is 29.4 Å². The van der Waals surface area contributed by atoms with Crippen molar-refractivity contribution in [2.24, 2.45) is 0 Å². The highest BCUT2D eigenvalue weighted by atomic mass is 16.5.